The zero-order valence-corrected chi connectivity index (χ0v) is 10.0. The Bertz CT molecular complexity index is 498. The minimum Gasteiger partial charge on any atom is -0.489 e. The molecule has 0 amide bonds. The van der Waals surface area contributed by atoms with Crippen molar-refractivity contribution in [3.63, 3.8) is 0 Å². The number of ether oxygens (including phenoxy) is 1. The van der Waals surface area contributed by atoms with E-state index in [1.165, 1.54) is 6.07 Å². The van der Waals surface area contributed by atoms with Gasteiger partial charge in [-0.15, -0.1) is 0 Å². The molecule has 8 heteroatoms. The molecule has 0 aromatic heterocycles. The lowest BCUT2D eigenvalue weighted by molar-refractivity contribution is -0.138. The van der Waals surface area contributed by atoms with Crippen LogP contribution in [0.5, 0.6) is 5.75 Å². The van der Waals surface area contributed by atoms with Crippen LogP contribution in [0.2, 0.25) is 0 Å². The van der Waals surface area contributed by atoms with Gasteiger partial charge in [0.25, 0.3) is 0 Å². The van der Waals surface area contributed by atoms with Crippen LogP contribution in [-0.4, -0.2) is 42.5 Å². The van der Waals surface area contributed by atoms with E-state index in [0.717, 1.165) is 6.07 Å². The average Bonchev–Trinajstić information content (AvgIpc) is 2.55. The van der Waals surface area contributed by atoms with Crippen LogP contribution in [0.4, 0.5) is 4.39 Å². The summed E-state index contributed by atoms with van der Waals surface area (Å²) in [6.45, 7) is 0.217. The molecule has 2 rings (SSSR count). The lowest BCUT2D eigenvalue weighted by atomic mass is 9.74. The normalized spacial score (nSPS) is 16.3. The number of hydrogen-bond donors (Lipinski definition) is 3. The van der Waals surface area contributed by atoms with Crippen LogP contribution in [0.25, 0.3) is 0 Å². The van der Waals surface area contributed by atoms with E-state index in [4.69, 9.17) is 20.2 Å². The monoisotopic (exact) mass is 269 g/mol. The second kappa shape index (κ2) is 5.56. The van der Waals surface area contributed by atoms with E-state index in [1.54, 1.807) is 0 Å². The number of halogens is 1. The van der Waals surface area contributed by atoms with Crippen molar-refractivity contribution in [1.29, 1.82) is 0 Å². The van der Waals surface area contributed by atoms with Crippen LogP contribution in [-0.2, 0) is 15.9 Å². The molecule has 0 saturated carbocycles. The third-order valence-electron chi connectivity index (χ3n) is 2.85. The van der Waals surface area contributed by atoms with E-state index in [1.807, 2.05) is 0 Å². The largest absolute Gasteiger partial charge is 0.495 e. The van der Waals surface area contributed by atoms with Crippen molar-refractivity contribution in [2.24, 2.45) is 5.73 Å². The van der Waals surface area contributed by atoms with Gasteiger partial charge in [0.1, 0.15) is 12.6 Å². The number of fused-ring (bicyclic) bond motifs is 1. The van der Waals surface area contributed by atoms with Crippen molar-refractivity contribution in [1.82, 2.24) is 0 Å². The van der Waals surface area contributed by atoms with Crippen LogP contribution in [0.1, 0.15) is 5.56 Å². The Kier molecular flexibility index (Phi) is 4.03. The highest BCUT2D eigenvalue weighted by atomic mass is 19.1. The number of carboxylic acids is 1. The van der Waals surface area contributed by atoms with E-state index in [2.05, 4.69) is 0 Å². The number of carbonyl (C=O) groups is 1. The Labute approximate surface area is 109 Å². The maximum absolute atomic E-state index is 13.7. The Morgan fingerprint density at radius 2 is 2.26 bits per heavy atom. The second-order valence-corrected chi connectivity index (χ2v) is 4.17. The van der Waals surface area contributed by atoms with Crippen LogP contribution < -0.4 is 15.9 Å². The van der Waals surface area contributed by atoms with Crippen molar-refractivity contribution >= 4 is 18.6 Å². The number of benzene rings is 1. The molecular formula is C11H13BFNO5. The average molecular weight is 269 g/mol. The minimum absolute atomic E-state index is 0.0538. The highest BCUT2D eigenvalue weighted by Gasteiger charge is 2.31. The second-order valence-electron chi connectivity index (χ2n) is 4.17. The molecule has 6 nitrogen and oxygen atoms in total. The van der Waals surface area contributed by atoms with Gasteiger partial charge in [0.05, 0.1) is 6.61 Å². The van der Waals surface area contributed by atoms with E-state index < -0.39 is 24.9 Å². The molecule has 19 heavy (non-hydrogen) atoms. The summed E-state index contributed by atoms with van der Waals surface area (Å²) in [6.07, 6.45) is -0.0538. The minimum atomic E-state index is -1.36. The van der Waals surface area contributed by atoms with Crippen molar-refractivity contribution in [2.45, 2.75) is 12.5 Å². The third kappa shape index (κ3) is 2.86. The van der Waals surface area contributed by atoms with E-state index in [9.17, 15) is 14.2 Å². The molecule has 4 N–H and O–H groups in total. The van der Waals surface area contributed by atoms with Crippen LogP contribution in [0.15, 0.2) is 12.1 Å². The molecule has 0 aliphatic carbocycles. The van der Waals surface area contributed by atoms with Crippen molar-refractivity contribution in [3.05, 3.63) is 23.5 Å². The molecule has 0 unspecified atom stereocenters. The van der Waals surface area contributed by atoms with Crippen LogP contribution >= 0.6 is 0 Å². The summed E-state index contributed by atoms with van der Waals surface area (Å²) in [4.78, 5) is 10.8. The number of aliphatic carboxylic acids is 1. The van der Waals surface area contributed by atoms with Gasteiger partial charge >= 0.3 is 13.1 Å². The Morgan fingerprint density at radius 3 is 2.95 bits per heavy atom. The van der Waals surface area contributed by atoms with Crippen LogP contribution in [0, 0.1) is 5.82 Å². The first-order chi connectivity index (χ1) is 9.00. The molecule has 0 spiro atoms. The molecule has 0 saturated heterocycles. The number of rotatable bonds is 3. The first-order valence-corrected chi connectivity index (χ1v) is 5.73. The quantitative estimate of drug-likeness (QED) is 0.600. The fraction of sp³-hybridized carbons (Fsp3) is 0.364. The van der Waals surface area contributed by atoms with E-state index >= 15 is 0 Å². The fourth-order valence-corrected chi connectivity index (χ4v) is 1.92. The standard InChI is InChI=1S/C11H13BFNO5/c13-7-2-1-6(5-8(14)11(15)16)9-10(7)18-3-4-19-12(9)17/h1-2,8,17H,3-5,14H2,(H,15,16)/t8-/m0/s1. The maximum Gasteiger partial charge on any atom is 0.495 e. The summed E-state index contributed by atoms with van der Waals surface area (Å²) < 4.78 is 23.9. The molecule has 1 aliphatic rings. The predicted molar refractivity (Wildman–Crippen MR) is 64.8 cm³/mol. The zero-order chi connectivity index (χ0) is 14.0. The molecule has 102 valence electrons. The van der Waals surface area contributed by atoms with Gasteiger partial charge in [0.15, 0.2) is 11.6 Å². The topological polar surface area (TPSA) is 102 Å². The summed E-state index contributed by atoms with van der Waals surface area (Å²) >= 11 is 0. The Morgan fingerprint density at radius 1 is 1.53 bits per heavy atom. The summed E-state index contributed by atoms with van der Waals surface area (Å²) in [5.41, 5.74) is 5.94. The zero-order valence-electron chi connectivity index (χ0n) is 10.0. The third-order valence-corrected chi connectivity index (χ3v) is 2.85. The number of carboxylic acid groups (broad SMARTS) is 1. The van der Waals surface area contributed by atoms with Gasteiger partial charge in [-0.2, -0.15) is 0 Å². The highest BCUT2D eigenvalue weighted by molar-refractivity contribution is 6.61. The van der Waals surface area contributed by atoms with Crippen molar-refractivity contribution in [3.8, 4) is 5.75 Å². The van der Waals surface area contributed by atoms with Gasteiger partial charge in [-0.25, -0.2) is 4.39 Å². The van der Waals surface area contributed by atoms with Crippen molar-refractivity contribution < 1.29 is 28.7 Å². The van der Waals surface area contributed by atoms with Gasteiger partial charge in [0.2, 0.25) is 0 Å². The maximum atomic E-state index is 13.7. The molecule has 1 aromatic rings. The van der Waals surface area contributed by atoms with Gasteiger partial charge in [-0.1, -0.05) is 6.07 Å². The predicted octanol–water partition coefficient (Wildman–Crippen LogP) is -1.12. The smallest absolute Gasteiger partial charge is 0.489 e. The molecule has 1 aliphatic heterocycles. The molecule has 1 aromatic carbocycles. The SMILES string of the molecule is N[C@@H](Cc1ccc(F)c2c1B(O)OCCO2)C(=O)O. The fourth-order valence-electron chi connectivity index (χ4n) is 1.92. The highest BCUT2D eigenvalue weighted by Crippen LogP contribution is 2.20. The number of nitrogens with two attached hydrogens (primary N) is 1. The molecular weight excluding hydrogens is 256 g/mol. The summed E-state index contributed by atoms with van der Waals surface area (Å²) in [7, 11) is -1.36. The first kappa shape index (κ1) is 13.8. The molecule has 1 heterocycles. The van der Waals surface area contributed by atoms with Crippen molar-refractivity contribution in [2.75, 3.05) is 13.2 Å². The Hall–Kier alpha value is -1.64. The van der Waals surface area contributed by atoms with E-state index in [-0.39, 0.29) is 30.8 Å². The molecule has 0 fully saturated rings. The lowest BCUT2D eigenvalue weighted by Crippen LogP contribution is -2.40. The summed E-state index contributed by atoms with van der Waals surface area (Å²) in [5.74, 6) is -1.92. The summed E-state index contributed by atoms with van der Waals surface area (Å²) in [5, 5.41) is 18.6. The molecule has 1 atom stereocenters. The van der Waals surface area contributed by atoms with Gasteiger partial charge in [0, 0.05) is 5.46 Å². The first-order valence-electron chi connectivity index (χ1n) is 5.73. The summed E-state index contributed by atoms with van der Waals surface area (Å²) in [6, 6.07) is 1.38. The van der Waals surface area contributed by atoms with Gasteiger partial charge in [-0.3, -0.25) is 4.79 Å². The lowest BCUT2D eigenvalue weighted by Gasteiger charge is -2.15. The Balaban J connectivity index is 2.42. The molecule has 0 radical (unpaired) electrons. The molecule has 0 bridgehead atoms. The number of hydrogen-bond acceptors (Lipinski definition) is 5. The van der Waals surface area contributed by atoms with Crippen LogP contribution in [0.3, 0.4) is 0 Å². The van der Waals surface area contributed by atoms with E-state index in [0.29, 0.717) is 5.56 Å². The van der Waals surface area contributed by atoms with Gasteiger partial charge in [-0.05, 0) is 18.1 Å². The van der Waals surface area contributed by atoms with Gasteiger partial charge < -0.3 is 25.3 Å².